The van der Waals surface area contributed by atoms with Crippen LogP contribution in [0, 0.1) is 5.92 Å². The van der Waals surface area contributed by atoms with Gasteiger partial charge in [0.2, 0.25) is 5.91 Å². The topological polar surface area (TPSA) is 66.5 Å². The summed E-state index contributed by atoms with van der Waals surface area (Å²) < 4.78 is 22.9. The average molecular weight is 260 g/mol. The Morgan fingerprint density at radius 2 is 2.00 bits per heavy atom. The predicted molar refractivity (Wildman–Crippen MR) is 65.4 cm³/mol. The molecule has 6 heteroatoms. The Morgan fingerprint density at radius 1 is 1.18 bits per heavy atom. The standard InChI is InChI=1S/C11H20N2O3S/c14-11(10-3-1-4-12-9-10)13-5-2-7-17(15,16)8-6-13/h10,12H,1-9H2/t10-/m1/s1. The van der Waals surface area contributed by atoms with E-state index in [1.54, 1.807) is 4.90 Å². The monoisotopic (exact) mass is 260 g/mol. The largest absolute Gasteiger partial charge is 0.341 e. The minimum atomic E-state index is -2.93. The minimum absolute atomic E-state index is 0.0459. The molecule has 0 radical (unpaired) electrons. The lowest BCUT2D eigenvalue weighted by Gasteiger charge is -2.28. The van der Waals surface area contributed by atoms with E-state index in [0.29, 0.717) is 19.5 Å². The van der Waals surface area contributed by atoms with Crippen LogP contribution >= 0.6 is 0 Å². The normalized spacial score (nSPS) is 29.6. The number of hydrogen-bond acceptors (Lipinski definition) is 4. The van der Waals surface area contributed by atoms with Crippen LogP contribution in [0.2, 0.25) is 0 Å². The lowest BCUT2D eigenvalue weighted by molar-refractivity contribution is -0.135. The van der Waals surface area contributed by atoms with E-state index in [4.69, 9.17) is 0 Å². The molecule has 2 fully saturated rings. The van der Waals surface area contributed by atoms with Crippen LogP contribution in [0.1, 0.15) is 19.3 Å². The van der Waals surface area contributed by atoms with Crippen LogP contribution in [0.25, 0.3) is 0 Å². The Balaban J connectivity index is 1.95. The van der Waals surface area contributed by atoms with Gasteiger partial charge in [-0.3, -0.25) is 4.79 Å². The van der Waals surface area contributed by atoms with Crippen molar-refractivity contribution in [1.82, 2.24) is 10.2 Å². The van der Waals surface area contributed by atoms with Crippen molar-refractivity contribution in [1.29, 1.82) is 0 Å². The van der Waals surface area contributed by atoms with Crippen LogP contribution < -0.4 is 5.32 Å². The fourth-order valence-electron chi connectivity index (χ4n) is 2.48. The number of carbonyl (C=O) groups excluding carboxylic acids is 1. The number of piperidine rings is 1. The van der Waals surface area contributed by atoms with Gasteiger partial charge in [-0.1, -0.05) is 0 Å². The number of carbonyl (C=O) groups is 1. The number of sulfone groups is 1. The molecule has 1 amide bonds. The molecule has 0 saturated carbocycles. The lowest BCUT2D eigenvalue weighted by atomic mass is 9.98. The van der Waals surface area contributed by atoms with Crippen molar-refractivity contribution in [2.24, 2.45) is 5.92 Å². The van der Waals surface area contributed by atoms with E-state index < -0.39 is 9.84 Å². The van der Waals surface area contributed by atoms with Gasteiger partial charge >= 0.3 is 0 Å². The van der Waals surface area contributed by atoms with Crippen molar-refractivity contribution in [3.63, 3.8) is 0 Å². The van der Waals surface area contributed by atoms with E-state index in [1.165, 1.54) is 0 Å². The first-order valence-corrected chi connectivity index (χ1v) is 8.10. The molecular weight excluding hydrogens is 240 g/mol. The highest BCUT2D eigenvalue weighted by Gasteiger charge is 2.28. The molecule has 98 valence electrons. The molecule has 0 unspecified atom stereocenters. The summed E-state index contributed by atoms with van der Waals surface area (Å²) >= 11 is 0. The van der Waals surface area contributed by atoms with E-state index in [1.807, 2.05) is 0 Å². The van der Waals surface area contributed by atoms with Gasteiger partial charge in [0.05, 0.1) is 17.4 Å². The molecule has 5 nitrogen and oxygen atoms in total. The number of rotatable bonds is 1. The SMILES string of the molecule is O=C([C@@H]1CCCNC1)N1CCCS(=O)(=O)CC1. The number of nitrogens with one attached hydrogen (secondary N) is 1. The van der Waals surface area contributed by atoms with Gasteiger partial charge in [-0.15, -0.1) is 0 Å². The Morgan fingerprint density at radius 3 is 2.71 bits per heavy atom. The third-order valence-corrected chi connectivity index (χ3v) is 5.23. The molecule has 1 N–H and O–H groups in total. The molecule has 0 spiro atoms. The Bertz CT molecular complexity index is 374. The van der Waals surface area contributed by atoms with Crippen molar-refractivity contribution in [3.05, 3.63) is 0 Å². The summed E-state index contributed by atoms with van der Waals surface area (Å²) in [4.78, 5) is 13.9. The molecule has 2 rings (SSSR count). The summed E-state index contributed by atoms with van der Waals surface area (Å²) in [7, 11) is -2.93. The molecule has 0 aliphatic carbocycles. The molecule has 0 aromatic heterocycles. The Kier molecular flexibility index (Phi) is 4.04. The Labute approximate surface area is 102 Å². The number of hydrogen-bond donors (Lipinski definition) is 1. The summed E-state index contributed by atoms with van der Waals surface area (Å²) in [6, 6.07) is 0. The highest BCUT2D eigenvalue weighted by Crippen LogP contribution is 2.15. The molecule has 0 aromatic rings. The molecule has 2 aliphatic rings. The second kappa shape index (κ2) is 5.35. The fraction of sp³-hybridized carbons (Fsp3) is 0.909. The Hall–Kier alpha value is -0.620. The maximum Gasteiger partial charge on any atom is 0.226 e. The number of amides is 1. The zero-order valence-electron chi connectivity index (χ0n) is 10.0. The maximum atomic E-state index is 12.2. The van der Waals surface area contributed by atoms with Crippen LogP contribution in [0.15, 0.2) is 0 Å². The molecular formula is C11H20N2O3S. The molecule has 2 saturated heterocycles. The van der Waals surface area contributed by atoms with E-state index in [0.717, 1.165) is 25.9 Å². The highest BCUT2D eigenvalue weighted by atomic mass is 32.2. The first-order chi connectivity index (χ1) is 8.08. The molecule has 2 heterocycles. The fourth-order valence-corrected chi connectivity index (χ4v) is 3.75. The van der Waals surface area contributed by atoms with Gasteiger partial charge < -0.3 is 10.2 Å². The van der Waals surface area contributed by atoms with Crippen molar-refractivity contribution in [3.8, 4) is 0 Å². The van der Waals surface area contributed by atoms with Crippen LogP contribution in [0.4, 0.5) is 0 Å². The van der Waals surface area contributed by atoms with Gasteiger partial charge in [0, 0.05) is 19.6 Å². The highest BCUT2D eigenvalue weighted by molar-refractivity contribution is 7.91. The van der Waals surface area contributed by atoms with Crippen LogP contribution in [-0.4, -0.2) is 56.9 Å². The molecule has 2 aliphatic heterocycles. The third kappa shape index (κ3) is 3.42. The van der Waals surface area contributed by atoms with Crippen molar-refractivity contribution >= 4 is 15.7 Å². The quantitative estimate of drug-likeness (QED) is 0.699. The first-order valence-electron chi connectivity index (χ1n) is 6.28. The molecule has 1 atom stereocenters. The average Bonchev–Trinajstić information content (AvgIpc) is 2.50. The summed E-state index contributed by atoms with van der Waals surface area (Å²) in [5.74, 6) is 0.525. The minimum Gasteiger partial charge on any atom is -0.341 e. The van der Waals surface area contributed by atoms with Gasteiger partial charge in [0.15, 0.2) is 9.84 Å². The summed E-state index contributed by atoms with van der Waals surface area (Å²) in [6.07, 6.45) is 2.53. The lowest BCUT2D eigenvalue weighted by Crippen LogP contribution is -2.44. The van der Waals surface area contributed by atoms with Crippen LogP contribution in [0.5, 0.6) is 0 Å². The zero-order valence-corrected chi connectivity index (χ0v) is 10.8. The number of nitrogens with zero attached hydrogens (tertiary/aromatic N) is 1. The summed E-state index contributed by atoms with van der Waals surface area (Å²) in [5, 5.41) is 3.22. The van der Waals surface area contributed by atoms with E-state index in [2.05, 4.69) is 5.32 Å². The van der Waals surface area contributed by atoms with Gasteiger partial charge in [0.1, 0.15) is 0 Å². The maximum absolute atomic E-state index is 12.2. The second-order valence-electron chi connectivity index (χ2n) is 4.87. The van der Waals surface area contributed by atoms with E-state index in [-0.39, 0.29) is 23.3 Å². The predicted octanol–water partition coefficient (Wildman–Crippen LogP) is -0.367. The van der Waals surface area contributed by atoms with Crippen molar-refractivity contribution < 1.29 is 13.2 Å². The summed E-state index contributed by atoms with van der Waals surface area (Å²) in [5.41, 5.74) is 0. The molecule has 17 heavy (non-hydrogen) atoms. The van der Waals surface area contributed by atoms with E-state index >= 15 is 0 Å². The van der Waals surface area contributed by atoms with Gasteiger partial charge in [-0.25, -0.2) is 8.42 Å². The van der Waals surface area contributed by atoms with Gasteiger partial charge in [-0.2, -0.15) is 0 Å². The van der Waals surface area contributed by atoms with Crippen molar-refractivity contribution in [2.75, 3.05) is 37.7 Å². The first kappa shape index (κ1) is 12.8. The van der Waals surface area contributed by atoms with Crippen LogP contribution in [-0.2, 0) is 14.6 Å². The molecule has 0 aromatic carbocycles. The second-order valence-corrected chi connectivity index (χ2v) is 7.18. The van der Waals surface area contributed by atoms with Crippen molar-refractivity contribution in [2.45, 2.75) is 19.3 Å². The van der Waals surface area contributed by atoms with Gasteiger partial charge in [0.25, 0.3) is 0 Å². The molecule has 0 bridgehead atoms. The van der Waals surface area contributed by atoms with Crippen LogP contribution in [0.3, 0.4) is 0 Å². The smallest absolute Gasteiger partial charge is 0.226 e. The summed E-state index contributed by atoms with van der Waals surface area (Å²) in [6.45, 7) is 2.69. The van der Waals surface area contributed by atoms with Gasteiger partial charge in [-0.05, 0) is 25.8 Å². The third-order valence-electron chi connectivity index (χ3n) is 3.51. The zero-order chi connectivity index (χ0) is 12.3. The van der Waals surface area contributed by atoms with E-state index in [9.17, 15) is 13.2 Å².